The number of hydrogen-bond acceptors (Lipinski definition) is 4. The van der Waals surface area contributed by atoms with Crippen molar-refractivity contribution in [3.8, 4) is 0 Å². The van der Waals surface area contributed by atoms with Gasteiger partial charge in [0.1, 0.15) is 12.6 Å². The standard InChI is InChI=1S/C23H17Br2Cl2NO4/c24-22-13-5-1-2-6-14(13)23(25,16-8-4-3-7-15(16)22)19-18(22)20(30)28(21(19)31)11-17(29)32-12(9-26)10-27/h1-8,12,18-19H,9-11H2/t18-,19-,22?,23?/m0/s1. The highest BCUT2D eigenvalue weighted by Gasteiger charge is 2.72. The molecule has 0 radical (unpaired) electrons. The van der Waals surface area contributed by atoms with E-state index >= 15 is 0 Å². The molecule has 32 heavy (non-hydrogen) atoms. The third-order valence-corrected chi connectivity index (χ3v) is 9.99. The van der Waals surface area contributed by atoms with Crippen LogP contribution in [-0.2, 0) is 27.8 Å². The second-order valence-electron chi connectivity index (χ2n) is 8.15. The number of nitrogens with zero attached hydrogens (tertiary/aromatic N) is 1. The van der Waals surface area contributed by atoms with Crippen molar-refractivity contribution in [2.75, 3.05) is 18.3 Å². The molecule has 0 N–H and O–H groups in total. The smallest absolute Gasteiger partial charge is 0.326 e. The van der Waals surface area contributed by atoms with E-state index in [1.807, 2.05) is 48.5 Å². The van der Waals surface area contributed by atoms with Gasteiger partial charge in [0.15, 0.2) is 0 Å². The Hall–Kier alpha value is -1.41. The molecule has 3 aliphatic carbocycles. The summed E-state index contributed by atoms with van der Waals surface area (Å²) in [6.07, 6.45) is -0.685. The molecule has 4 aliphatic rings. The summed E-state index contributed by atoms with van der Waals surface area (Å²) < 4.78 is 3.46. The summed E-state index contributed by atoms with van der Waals surface area (Å²) in [7, 11) is 0. The fourth-order valence-corrected chi connectivity index (χ4v) is 8.10. The van der Waals surface area contributed by atoms with E-state index < -0.39 is 50.9 Å². The second kappa shape index (κ2) is 7.83. The Labute approximate surface area is 211 Å². The molecule has 2 aromatic rings. The maximum atomic E-state index is 13.7. The van der Waals surface area contributed by atoms with Crippen LogP contribution in [0.25, 0.3) is 0 Å². The van der Waals surface area contributed by atoms with Gasteiger partial charge in [0, 0.05) is 0 Å². The summed E-state index contributed by atoms with van der Waals surface area (Å²) in [5, 5.41) is 0. The molecule has 5 nitrogen and oxygen atoms in total. The molecule has 0 unspecified atom stereocenters. The summed E-state index contributed by atoms with van der Waals surface area (Å²) in [4.78, 5) is 40.8. The van der Waals surface area contributed by atoms with Crippen molar-refractivity contribution in [2.45, 2.75) is 14.8 Å². The largest absolute Gasteiger partial charge is 0.458 e. The molecule has 2 atom stereocenters. The Balaban J connectivity index is 1.62. The predicted octanol–water partition coefficient (Wildman–Crippen LogP) is 4.28. The number of halogens is 4. The first kappa shape index (κ1) is 22.4. The summed E-state index contributed by atoms with van der Waals surface area (Å²) in [5.74, 6) is -2.91. The molecule has 2 aromatic carbocycles. The van der Waals surface area contributed by atoms with Gasteiger partial charge >= 0.3 is 5.97 Å². The van der Waals surface area contributed by atoms with Gasteiger partial charge in [-0.05, 0) is 22.3 Å². The summed E-state index contributed by atoms with van der Waals surface area (Å²) >= 11 is 19.3. The van der Waals surface area contributed by atoms with Crippen molar-refractivity contribution in [2.24, 2.45) is 11.8 Å². The highest BCUT2D eigenvalue weighted by Crippen LogP contribution is 2.70. The number of likely N-dealkylation sites (tertiary alicyclic amines) is 1. The lowest BCUT2D eigenvalue weighted by Gasteiger charge is -2.55. The number of benzene rings is 2. The van der Waals surface area contributed by atoms with Gasteiger partial charge in [-0.2, -0.15) is 0 Å². The van der Waals surface area contributed by atoms with Crippen molar-refractivity contribution in [3.05, 3.63) is 70.8 Å². The first-order valence-corrected chi connectivity index (χ1v) is 12.7. The molecule has 1 fully saturated rings. The quantitative estimate of drug-likeness (QED) is 0.292. The van der Waals surface area contributed by atoms with Crippen LogP contribution in [0.5, 0.6) is 0 Å². The number of rotatable bonds is 5. The fraction of sp³-hybridized carbons (Fsp3) is 0.348. The van der Waals surface area contributed by atoms with Gasteiger partial charge in [0.2, 0.25) is 11.8 Å². The average Bonchev–Trinajstić information content (AvgIpc) is 3.06. The van der Waals surface area contributed by atoms with Gasteiger partial charge in [-0.25, -0.2) is 0 Å². The van der Waals surface area contributed by atoms with Gasteiger partial charge in [-0.3, -0.25) is 19.3 Å². The van der Waals surface area contributed by atoms with E-state index in [-0.39, 0.29) is 11.8 Å². The van der Waals surface area contributed by atoms with Crippen molar-refractivity contribution >= 4 is 72.8 Å². The summed E-state index contributed by atoms with van der Waals surface area (Å²) in [6.45, 7) is -0.478. The Morgan fingerprint density at radius 1 is 0.875 bits per heavy atom. The van der Waals surface area contributed by atoms with E-state index in [4.69, 9.17) is 27.9 Å². The first-order chi connectivity index (χ1) is 15.3. The van der Waals surface area contributed by atoms with Crippen LogP contribution in [0.1, 0.15) is 22.3 Å². The Kier molecular flexibility index (Phi) is 5.48. The zero-order chi connectivity index (χ0) is 22.8. The number of carbonyl (C=O) groups is 3. The van der Waals surface area contributed by atoms with Gasteiger partial charge in [-0.15, -0.1) is 23.2 Å². The van der Waals surface area contributed by atoms with E-state index in [2.05, 4.69) is 31.9 Å². The number of amides is 2. The molecular formula is C23H17Br2Cl2NO4. The molecule has 0 aromatic heterocycles. The van der Waals surface area contributed by atoms with E-state index in [0.717, 1.165) is 27.2 Å². The lowest BCUT2D eigenvalue weighted by atomic mass is 9.54. The SMILES string of the molecule is O=C(CN1C(=O)[C@@H]2[C@@H](C1=O)C1(Br)c3ccccc3C2(Br)c2ccccc21)OC(CCl)CCl. The van der Waals surface area contributed by atoms with E-state index in [1.54, 1.807) is 0 Å². The molecular weight excluding hydrogens is 585 g/mol. The van der Waals surface area contributed by atoms with E-state index in [0.29, 0.717) is 0 Å². The zero-order valence-electron chi connectivity index (χ0n) is 16.6. The number of imide groups is 1. The van der Waals surface area contributed by atoms with Crippen LogP contribution < -0.4 is 0 Å². The normalized spacial score (nSPS) is 29.7. The molecule has 1 aliphatic heterocycles. The number of hydrogen-bond donors (Lipinski definition) is 0. The van der Waals surface area contributed by atoms with Crippen molar-refractivity contribution in [3.63, 3.8) is 0 Å². The topological polar surface area (TPSA) is 63.7 Å². The molecule has 1 heterocycles. The lowest BCUT2D eigenvalue weighted by molar-refractivity contribution is -0.155. The third kappa shape index (κ3) is 2.77. The number of ether oxygens (including phenoxy) is 1. The van der Waals surface area contributed by atoms with Gasteiger partial charge in [0.25, 0.3) is 0 Å². The number of alkyl halides is 4. The molecule has 9 heteroatoms. The lowest BCUT2D eigenvalue weighted by Crippen LogP contribution is -2.56. The van der Waals surface area contributed by atoms with Crippen LogP contribution in [0, 0.1) is 11.8 Å². The van der Waals surface area contributed by atoms with Crippen LogP contribution in [0.2, 0.25) is 0 Å². The maximum absolute atomic E-state index is 13.7. The molecule has 1 saturated heterocycles. The molecule has 6 rings (SSSR count). The average molecular weight is 602 g/mol. The number of esters is 1. The minimum atomic E-state index is -0.888. The van der Waals surface area contributed by atoms with Crippen LogP contribution in [0.3, 0.4) is 0 Å². The van der Waals surface area contributed by atoms with Crippen LogP contribution in [0.4, 0.5) is 0 Å². The summed E-state index contributed by atoms with van der Waals surface area (Å²) in [6, 6.07) is 15.6. The third-order valence-electron chi connectivity index (χ3n) is 6.61. The van der Waals surface area contributed by atoms with Crippen molar-refractivity contribution in [1.82, 2.24) is 4.90 Å². The fourth-order valence-electron chi connectivity index (χ4n) is 5.34. The highest BCUT2D eigenvalue weighted by molar-refractivity contribution is 9.10. The Morgan fingerprint density at radius 2 is 1.25 bits per heavy atom. The molecule has 2 amide bonds. The summed E-state index contributed by atoms with van der Waals surface area (Å²) in [5.41, 5.74) is 3.75. The van der Waals surface area contributed by atoms with Crippen LogP contribution >= 0.6 is 55.1 Å². The Bertz CT molecular complexity index is 1030. The predicted molar refractivity (Wildman–Crippen MR) is 127 cm³/mol. The first-order valence-electron chi connectivity index (χ1n) is 10.0. The molecule has 2 bridgehead atoms. The molecule has 166 valence electrons. The van der Waals surface area contributed by atoms with E-state index in [1.165, 1.54) is 0 Å². The van der Waals surface area contributed by atoms with Crippen molar-refractivity contribution in [1.29, 1.82) is 0 Å². The maximum Gasteiger partial charge on any atom is 0.326 e. The van der Waals surface area contributed by atoms with E-state index in [9.17, 15) is 14.4 Å². The Morgan fingerprint density at radius 3 is 1.59 bits per heavy atom. The van der Waals surface area contributed by atoms with Crippen LogP contribution in [0.15, 0.2) is 48.5 Å². The minimum absolute atomic E-state index is 0.0298. The highest BCUT2D eigenvalue weighted by atomic mass is 79.9. The molecule has 0 saturated carbocycles. The number of carbonyl (C=O) groups excluding carboxylic acids is 3. The van der Waals surface area contributed by atoms with Gasteiger partial charge < -0.3 is 4.74 Å². The minimum Gasteiger partial charge on any atom is -0.458 e. The van der Waals surface area contributed by atoms with Crippen LogP contribution in [-0.4, -0.2) is 47.1 Å². The zero-order valence-corrected chi connectivity index (χ0v) is 21.2. The second-order valence-corrected chi connectivity index (χ2v) is 11.3. The van der Waals surface area contributed by atoms with Gasteiger partial charge in [-0.1, -0.05) is 80.4 Å². The monoisotopic (exact) mass is 599 g/mol. The van der Waals surface area contributed by atoms with Gasteiger partial charge in [0.05, 0.1) is 32.2 Å². The van der Waals surface area contributed by atoms with Crippen molar-refractivity contribution < 1.29 is 19.1 Å². The molecule has 0 spiro atoms.